The highest BCUT2D eigenvalue weighted by atomic mass is 16.5. The SMILES string of the molecule is C[C@@H]1CN(C(=O)c2ncccc2NC(=O)OCC2c3ccccc3-c3ccccc32)C[C@H]1C(=O)O. The first-order valence-corrected chi connectivity index (χ1v) is 11.5. The molecule has 8 nitrogen and oxygen atoms in total. The van der Waals surface area contributed by atoms with Crippen molar-refractivity contribution in [3.05, 3.63) is 83.7 Å². The van der Waals surface area contributed by atoms with Crippen LogP contribution in [0.1, 0.15) is 34.5 Å². The highest BCUT2D eigenvalue weighted by molar-refractivity contribution is 6.01. The summed E-state index contributed by atoms with van der Waals surface area (Å²) in [6, 6.07) is 19.3. The average Bonchev–Trinajstić information content (AvgIpc) is 3.41. The maximum Gasteiger partial charge on any atom is 0.411 e. The van der Waals surface area contributed by atoms with Gasteiger partial charge in [0.05, 0.1) is 11.6 Å². The van der Waals surface area contributed by atoms with Crippen LogP contribution < -0.4 is 5.32 Å². The Morgan fingerprint density at radius 3 is 2.29 bits per heavy atom. The second kappa shape index (κ2) is 9.21. The van der Waals surface area contributed by atoms with Gasteiger partial charge in [-0.05, 0) is 40.3 Å². The van der Waals surface area contributed by atoms with E-state index in [-0.39, 0.29) is 36.4 Å². The summed E-state index contributed by atoms with van der Waals surface area (Å²) in [5.74, 6) is -2.22. The summed E-state index contributed by atoms with van der Waals surface area (Å²) in [7, 11) is 0. The van der Waals surface area contributed by atoms with E-state index in [0.29, 0.717) is 6.54 Å². The van der Waals surface area contributed by atoms with E-state index >= 15 is 0 Å². The third-order valence-corrected chi connectivity index (χ3v) is 6.81. The number of nitrogens with zero attached hydrogens (tertiary/aromatic N) is 2. The zero-order valence-corrected chi connectivity index (χ0v) is 19.2. The maximum absolute atomic E-state index is 13.1. The van der Waals surface area contributed by atoms with Gasteiger partial charge < -0.3 is 14.7 Å². The number of ether oxygens (including phenoxy) is 1. The van der Waals surface area contributed by atoms with E-state index in [1.165, 1.54) is 11.1 Å². The minimum absolute atomic E-state index is 0.0549. The van der Waals surface area contributed by atoms with Gasteiger partial charge in [-0.1, -0.05) is 55.5 Å². The number of anilines is 1. The molecule has 35 heavy (non-hydrogen) atoms. The number of hydrogen-bond acceptors (Lipinski definition) is 5. The molecular formula is C27H25N3O5. The largest absolute Gasteiger partial charge is 0.481 e. The summed E-state index contributed by atoms with van der Waals surface area (Å²) < 4.78 is 5.59. The number of aromatic nitrogens is 1. The molecular weight excluding hydrogens is 446 g/mol. The molecule has 1 fully saturated rings. The molecule has 8 heteroatoms. The predicted molar refractivity (Wildman–Crippen MR) is 129 cm³/mol. The van der Waals surface area contributed by atoms with Gasteiger partial charge in [0, 0.05) is 25.2 Å². The van der Waals surface area contributed by atoms with Gasteiger partial charge in [-0.25, -0.2) is 9.78 Å². The lowest BCUT2D eigenvalue weighted by atomic mass is 9.98. The van der Waals surface area contributed by atoms with Crippen molar-refractivity contribution >= 4 is 23.7 Å². The summed E-state index contributed by atoms with van der Waals surface area (Å²) in [5, 5.41) is 12.0. The molecule has 0 saturated carbocycles. The molecule has 0 unspecified atom stereocenters. The normalized spacial score (nSPS) is 18.6. The summed E-state index contributed by atoms with van der Waals surface area (Å²) in [4.78, 5) is 42.9. The second-order valence-electron chi connectivity index (χ2n) is 8.98. The molecule has 1 aromatic heterocycles. The molecule has 0 radical (unpaired) electrons. The van der Waals surface area contributed by atoms with Gasteiger partial charge in [0.2, 0.25) is 0 Å². The molecule has 3 aromatic rings. The van der Waals surface area contributed by atoms with E-state index < -0.39 is 23.9 Å². The highest BCUT2D eigenvalue weighted by Crippen LogP contribution is 2.44. The summed E-state index contributed by atoms with van der Waals surface area (Å²) in [6.45, 7) is 2.38. The molecule has 1 aliphatic carbocycles. The Kier molecular flexibility index (Phi) is 5.94. The molecule has 2 aromatic carbocycles. The van der Waals surface area contributed by atoms with Gasteiger partial charge in [0.1, 0.15) is 6.61 Å². The molecule has 2 N–H and O–H groups in total. The van der Waals surface area contributed by atoms with Gasteiger partial charge >= 0.3 is 12.1 Å². The standard InChI is InChI=1S/C27H25N3O5/c1-16-13-30(14-21(16)26(32)33)25(31)24-23(11-6-12-28-24)29-27(34)35-15-22-19-9-4-2-7-17(19)18-8-3-5-10-20(18)22/h2-12,16,21-22H,13-15H2,1H3,(H,29,34)(H,32,33)/t16-,21-/m1/s1. The molecule has 2 atom stereocenters. The molecule has 2 heterocycles. The Morgan fingerprint density at radius 1 is 1.00 bits per heavy atom. The van der Waals surface area contributed by atoms with Gasteiger partial charge in [0.25, 0.3) is 5.91 Å². The smallest absolute Gasteiger partial charge is 0.411 e. The van der Waals surface area contributed by atoms with Crippen molar-refractivity contribution in [2.24, 2.45) is 11.8 Å². The first-order chi connectivity index (χ1) is 16.9. The lowest BCUT2D eigenvalue weighted by Gasteiger charge is -2.18. The number of carboxylic acids is 1. The van der Waals surface area contributed by atoms with Crippen LogP contribution in [0.2, 0.25) is 0 Å². The first-order valence-electron chi connectivity index (χ1n) is 11.5. The molecule has 1 aliphatic heterocycles. The zero-order chi connectivity index (χ0) is 24.5. The van der Waals surface area contributed by atoms with Crippen LogP contribution in [0.5, 0.6) is 0 Å². The number of aliphatic carboxylic acids is 1. The molecule has 0 spiro atoms. The zero-order valence-electron chi connectivity index (χ0n) is 19.2. The van der Waals surface area contributed by atoms with Crippen molar-refractivity contribution in [3.8, 4) is 11.1 Å². The number of carbonyl (C=O) groups is 3. The van der Waals surface area contributed by atoms with E-state index in [0.717, 1.165) is 22.3 Å². The fourth-order valence-electron chi connectivity index (χ4n) is 5.02. The lowest BCUT2D eigenvalue weighted by Crippen LogP contribution is -2.31. The van der Waals surface area contributed by atoms with Crippen LogP contribution in [0.4, 0.5) is 10.5 Å². The van der Waals surface area contributed by atoms with Crippen molar-refractivity contribution in [3.63, 3.8) is 0 Å². The maximum atomic E-state index is 13.1. The number of pyridine rings is 1. The third kappa shape index (κ3) is 4.23. The molecule has 2 amide bonds. The highest BCUT2D eigenvalue weighted by Gasteiger charge is 2.38. The van der Waals surface area contributed by atoms with Gasteiger partial charge in [-0.2, -0.15) is 0 Å². The van der Waals surface area contributed by atoms with Crippen molar-refractivity contribution in [1.82, 2.24) is 9.88 Å². The Hall–Kier alpha value is -4.20. The fourth-order valence-corrected chi connectivity index (χ4v) is 5.02. The van der Waals surface area contributed by atoms with E-state index in [4.69, 9.17) is 4.74 Å². The number of fused-ring (bicyclic) bond motifs is 3. The van der Waals surface area contributed by atoms with Gasteiger partial charge in [-0.15, -0.1) is 0 Å². The minimum atomic E-state index is -0.925. The number of carbonyl (C=O) groups excluding carboxylic acids is 2. The Morgan fingerprint density at radius 2 is 1.66 bits per heavy atom. The monoisotopic (exact) mass is 471 g/mol. The summed E-state index contributed by atoms with van der Waals surface area (Å²) in [6.07, 6.45) is 0.775. The Balaban J connectivity index is 1.28. The molecule has 178 valence electrons. The summed E-state index contributed by atoms with van der Waals surface area (Å²) in [5.41, 5.74) is 4.76. The summed E-state index contributed by atoms with van der Waals surface area (Å²) >= 11 is 0. The van der Waals surface area contributed by atoms with Crippen LogP contribution in [0, 0.1) is 11.8 Å². The van der Waals surface area contributed by atoms with Gasteiger partial charge in [0.15, 0.2) is 5.69 Å². The Bertz CT molecular complexity index is 1260. The molecule has 5 rings (SSSR count). The number of nitrogens with one attached hydrogen (secondary N) is 1. The van der Waals surface area contributed by atoms with E-state index in [9.17, 15) is 19.5 Å². The van der Waals surface area contributed by atoms with Crippen molar-refractivity contribution in [2.45, 2.75) is 12.8 Å². The van der Waals surface area contributed by atoms with Crippen LogP contribution in [-0.2, 0) is 9.53 Å². The number of benzene rings is 2. The van der Waals surface area contributed by atoms with Gasteiger partial charge in [-0.3, -0.25) is 14.9 Å². The number of hydrogen-bond donors (Lipinski definition) is 2. The average molecular weight is 472 g/mol. The predicted octanol–water partition coefficient (Wildman–Crippen LogP) is 4.24. The van der Waals surface area contributed by atoms with Crippen LogP contribution in [0.15, 0.2) is 66.9 Å². The van der Waals surface area contributed by atoms with Crippen molar-refractivity contribution < 1.29 is 24.2 Å². The van der Waals surface area contributed by atoms with Crippen LogP contribution in [0.25, 0.3) is 11.1 Å². The fraction of sp³-hybridized carbons (Fsp3) is 0.259. The second-order valence-corrected chi connectivity index (χ2v) is 8.98. The first kappa shape index (κ1) is 22.6. The Labute approximate surface area is 202 Å². The van der Waals surface area contributed by atoms with Crippen molar-refractivity contribution in [2.75, 3.05) is 25.0 Å². The quantitative estimate of drug-likeness (QED) is 0.576. The molecule has 0 bridgehead atoms. The number of likely N-dealkylation sites (tertiary alicyclic amines) is 1. The van der Waals surface area contributed by atoms with E-state index in [1.54, 1.807) is 19.1 Å². The molecule has 2 aliphatic rings. The number of amides is 2. The topological polar surface area (TPSA) is 109 Å². The van der Waals surface area contributed by atoms with E-state index in [1.807, 2.05) is 36.4 Å². The third-order valence-electron chi connectivity index (χ3n) is 6.81. The lowest BCUT2D eigenvalue weighted by molar-refractivity contribution is -0.142. The van der Waals surface area contributed by atoms with Crippen LogP contribution in [-0.4, -0.2) is 52.7 Å². The minimum Gasteiger partial charge on any atom is -0.481 e. The van der Waals surface area contributed by atoms with E-state index in [2.05, 4.69) is 22.4 Å². The van der Waals surface area contributed by atoms with Crippen LogP contribution in [0.3, 0.4) is 0 Å². The molecule has 1 saturated heterocycles. The number of carboxylic acid groups (broad SMARTS) is 1. The van der Waals surface area contributed by atoms with Crippen LogP contribution >= 0.6 is 0 Å². The van der Waals surface area contributed by atoms with Crippen molar-refractivity contribution in [1.29, 1.82) is 0 Å². The number of rotatable bonds is 5.